The van der Waals surface area contributed by atoms with Crippen molar-refractivity contribution in [2.75, 3.05) is 32.8 Å². The highest BCUT2D eigenvalue weighted by atomic mass is 16.5. The molecule has 186 valence electrons. The highest BCUT2D eigenvalue weighted by molar-refractivity contribution is 5.95. The Morgan fingerprint density at radius 1 is 1.00 bits per heavy atom. The van der Waals surface area contributed by atoms with E-state index in [-0.39, 0.29) is 12.6 Å². The lowest BCUT2D eigenvalue weighted by molar-refractivity contribution is -0.139. The quantitative estimate of drug-likeness (QED) is 0.529. The standard InChI is InChI=1S/C28H35N3O4/c1-3-34-23-12-10-22(11-13-23)26-25(27(32)35-4-2)24(29-28(33)30-26)19-31-16-14-21(15-17-31)18-20-8-6-5-7-9-20/h5-13,21,26H,3-4,14-19H2,1-2H3,(H2,29,30,33)/t26-/m0/s1. The molecule has 2 aromatic carbocycles. The zero-order valence-corrected chi connectivity index (χ0v) is 20.6. The van der Waals surface area contributed by atoms with Crippen LogP contribution >= 0.6 is 0 Å². The van der Waals surface area contributed by atoms with Crippen molar-refractivity contribution in [1.29, 1.82) is 0 Å². The van der Waals surface area contributed by atoms with Crippen LogP contribution in [0.5, 0.6) is 5.75 Å². The Bertz CT molecular complexity index is 1030. The van der Waals surface area contributed by atoms with E-state index >= 15 is 0 Å². The first-order valence-corrected chi connectivity index (χ1v) is 12.5. The van der Waals surface area contributed by atoms with Crippen molar-refractivity contribution < 1.29 is 19.1 Å². The van der Waals surface area contributed by atoms with E-state index in [1.807, 2.05) is 31.2 Å². The van der Waals surface area contributed by atoms with Crippen LogP contribution in [-0.4, -0.2) is 49.7 Å². The van der Waals surface area contributed by atoms with Gasteiger partial charge in [-0.2, -0.15) is 0 Å². The molecule has 7 heteroatoms. The van der Waals surface area contributed by atoms with Gasteiger partial charge in [-0.3, -0.25) is 4.90 Å². The monoisotopic (exact) mass is 477 g/mol. The minimum atomic E-state index is -0.580. The predicted octanol–water partition coefficient (Wildman–Crippen LogP) is 4.21. The molecule has 0 unspecified atom stereocenters. The summed E-state index contributed by atoms with van der Waals surface area (Å²) in [5.74, 6) is 0.982. The van der Waals surface area contributed by atoms with Gasteiger partial charge in [0.2, 0.25) is 0 Å². The normalized spacial score (nSPS) is 19.1. The van der Waals surface area contributed by atoms with E-state index in [0.29, 0.717) is 30.3 Å². The molecule has 2 aromatic rings. The number of nitrogens with zero attached hydrogens (tertiary/aromatic N) is 1. The maximum atomic E-state index is 13.1. The molecule has 1 atom stereocenters. The van der Waals surface area contributed by atoms with Crippen molar-refractivity contribution >= 4 is 12.0 Å². The number of carbonyl (C=O) groups excluding carboxylic acids is 2. The van der Waals surface area contributed by atoms with Crippen LogP contribution in [0.4, 0.5) is 4.79 Å². The first kappa shape index (κ1) is 24.8. The lowest BCUT2D eigenvalue weighted by atomic mass is 9.89. The molecule has 1 fully saturated rings. The molecule has 0 bridgehead atoms. The number of likely N-dealkylation sites (tertiary alicyclic amines) is 1. The number of hydrogen-bond acceptors (Lipinski definition) is 5. The maximum absolute atomic E-state index is 13.1. The number of ether oxygens (including phenoxy) is 2. The van der Waals surface area contributed by atoms with Crippen LogP contribution in [0.2, 0.25) is 0 Å². The average Bonchev–Trinajstić information content (AvgIpc) is 2.86. The highest BCUT2D eigenvalue weighted by Crippen LogP contribution is 2.30. The molecule has 4 rings (SSSR count). The second kappa shape index (κ2) is 11.9. The minimum absolute atomic E-state index is 0.268. The first-order chi connectivity index (χ1) is 17.1. The fourth-order valence-electron chi connectivity index (χ4n) is 4.89. The molecule has 2 aliphatic heterocycles. The Labute approximate surface area is 207 Å². The summed E-state index contributed by atoms with van der Waals surface area (Å²) in [6.07, 6.45) is 3.27. The third-order valence-corrected chi connectivity index (χ3v) is 6.63. The molecule has 2 aliphatic rings. The van der Waals surface area contributed by atoms with Gasteiger partial charge in [-0.15, -0.1) is 0 Å². The average molecular weight is 478 g/mol. The summed E-state index contributed by atoms with van der Waals surface area (Å²) < 4.78 is 10.9. The molecule has 2 heterocycles. The van der Waals surface area contributed by atoms with E-state index in [2.05, 4.69) is 45.9 Å². The van der Waals surface area contributed by atoms with Crippen LogP contribution in [0.3, 0.4) is 0 Å². The van der Waals surface area contributed by atoms with Gasteiger partial charge in [-0.25, -0.2) is 9.59 Å². The zero-order valence-electron chi connectivity index (χ0n) is 20.6. The van der Waals surface area contributed by atoms with E-state index < -0.39 is 12.0 Å². The fourth-order valence-corrected chi connectivity index (χ4v) is 4.89. The van der Waals surface area contributed by atoms with E-state index in [0.717, 1.165) is 43.7 Å². The van der Waals surface area contributed by atoms with Gasteiger partial charge in [-0.1, -0.05) is 42.5 Å². The summed E-state index contributed by atoms with van der Waals surface area (Å²) in [4.78, 5) is 28.0. The topological polar surface area (TPSA) is 79.9 Å². The van der Waals surface area contributed by atoms with Crippen molar-refractivity contribution in [2.45, 2.75) is 39.2 Å². The van der Waals surface area contributed by atoms with Crippen LogP contribution in [-0.2, 0) is 16.0 Å². The van der Waals surface area contributed by atoms with Crippen molar-refractivity contribution in [3.63, 3.8) is 0 Å². The van der Waals surface area contributed by atoms with Gasteiger partial charge >= 0.3 is 12.0 Å². The third-order valence-electron chi connectivity index (χ3n) is 6.63. The van der Waals surface area contributed by atoms with Crippen molar-refractivity contribution in [3.05, 3.63) is 77.0 Å². The molecule has 1 saturated heterocycles. The molecular formula is C28H35N3O4. The van der Waals surface area contributed by atoms with Crippen molar-refractivity contribution in [3.8, 4) is 5.75 Å². The van der Waals surface area contributed by atoms with Crippen LogP contribution in [0.15, 0.2) is 65.9 Å². The fraction of sp³-hybridized carbons (Fsp3) is 0.429. The molecule has 2 amide bonds. The van der Waals surface area contributed by atoms with E-state index in [1.54, 1.807) is 6.92 Å². The van der Waals surface area contributed by atoms with Crippen LogP contribution < -0.4 is 15.4 Å². The summed E-state index contributed by atoms with van der Waals surface area (Å²) >= 11 is 0. The predicted molar refractivity (Wildman–Crippen MR) is 135 cm³/mol. The summed E-state index contributed by atoms with van der Waals surface area (Å²) in [7, 11) is 0. The Balaban J connectivity index is 1.50. The molecule has 0 aliphatic carbocycles. The number of carbonyl (C=O) groups is 2. The smallest absolute Gasteiger partial charge is 0.338 e. The SMILES string of the molecule is CCOC(=O)C1=C(CN2CCC(Cc3ccccc3)CC2)NC(=O)N[C@H]1c1ccc(OCC)cc1. The summed E-state index contributed by atoms with van der Waals surface area (Å²) in [5.41, 5.74) is 3.27. The Morgan fingerprint density at radius 3 is 2.37 bits per heavy atom. The lowest BCUT2D eigenvalue weighted by Crippen LogP contribution is -2.49. The second-order valence-corrected chi connectivity index (χ2v) is 9.06. The van der Waals surface area contributed by atoms with Gasteiger partial charge < -0.3 is 20.1 Å². The molecule has 0 spiro atoms. The number of benzene rings is 2. The lowest BCUT2D eigenvalue weighted by Gasteiger charge is -2.35. The van der Waals surface area contributed by atoms with E-state index in [4.69, 9.17) is 9.47 Å². The number of piperidine rings is 1. The largest absolute Gasteiger partial charge is 0.494 e. The second-order valence-electron chi connectivity index (χ2n) is 9.06. The maximum Gasteiger partial charge on any atom is 0.338 e. The number of rotatable bonds is 9. The molecule has 0 radical (unpaired) electrons. The van der Waals surface area contributed by atoms with Gasteiger partial charge in [0.15, 0.2) is 0 Å². The molecular weight excluding hydrogens is 442 g/mol. The molecule has 35 heavy (non-hydrogen) atoms. The first-order valence-electron chi connectivity index (χ1n) is 12.5. The van der Waals surface area contributed by atoms with Gasteiger partial charge in [0, 0.05) is 12.2 Å². The van der Waals surface area contributed by atoms with Crippen LogP contribution in [0, 0.1) is 5.92 Å². The summed E-state index contributed by atoms with van der Waals surface area (Å²) in [6, 6.07) is 17.2. The van der Waals surface area contributed by atoms with E-state index in [9.17, 15) is 9.59 Å². The summed E-state index contributed by atoms with van der Waals surface area (Å²) in [6.45, 7) is 6.92. The van der Waals surface area contributed by atoms with Gasteiger partial charge in [0.25, 0.3) is 0 Å². The zero-order chi connectivity index (χ0) is 24.6. The minimum Gasteiger partial charge on any atom is -0.494 e. The van der Waals surface area contributed by atoms with Crippen molar-refractivity contribution in [1.82, 2.24) is 15.5 Å². The number of urea groups is 1. The summed E-state index contributed by atoms with van der Waals surface area (Å²) in [5, 5.41) is 5.80. The number of hydrogen-bond donors (Lipinski definition) is 2. The molecule has 7 nitrogen and oxygen atoms in total. The number of esters is 1. The third kappa shape index (κ3) is 6.42. The van der Waals surface area contributed by atoms with E-state index in [1.165, 1.54) is 5.56 Å². The van der Waals surface area contributed by atoms with Crippen molar-refractivity contribution in [2.24, 2.45) is 5.92 Å². The van der Waals surface area contributed by atoms with Gasteiger partial charge in [-0.05, 0) is 75.4 Å². The molecule has 2 N–H and O–H groups in total. The molecule has 0 aromatic heterocycles. The number of amides is 2. The van der Waals surface area contributed by atoms with Gasteiger partial charge in [0.1, 0.15) is 5.75 Å². The van der Waals surface area contributed by atoms with Gasteiger partial charge in [0.05, 0.1) is 24.8 Å². The number of nitrogens with one attached hydrogen (secondary N) is 2. The Kier molecular flexibility index (Phi) is 8.42. The van der Waals surface area contributed by atoms with Crippen LogP contribution in [0.25, 0.3) is 0 Å². The van der Waals surface area contributed by atoms with Crippen LogP contribution in [0.1, 0.15) is 43.9 Å². The Morgan fingerprint density at radius 2 is 1.71 bits per heavy atom. The molecule has 0 saturated carbocycles. The highest BCUT2D eigenvalue weighted by Gasteiger charge is 2.34. The Hall–Kier alpha value is -3.32.